The van der Waals surface area contributed by atoms with E-state index in [0.717, 1.165) is 0 Å². The molecule has 1 aliphatic heterocycles. The number of likely N-dealkylation sites (tertiary alicyclic amines) is 1. The smallest absolute Gasteiger partial charge is 0.390 e. The fourth-order valence-corrected chi connectivity index (χ4v) is 1.13. The molecule has 7 heteroatoms. The molecule has 0 aromatic carbocycles. The highest BCUT2D eigenvalue weighted by atomic mass is 19.4. The van der Waals surface area contributed by atoms with Gasteiger partial charge in [-0.05, 0) is 0 Å². The first-order chi connectivity index (χ1) is 6.37. The van der Waals surface area contributed by atoms with Crippen LogP contribution in [0.3, 0.4) is 0 Å². The predicted octanol–water partition coefficient (Wildman–Crippen LogP) is -0.659. The first-order valence-corrected chi connectivity index (χ1v) is 4.11. The summed E-state index contributed by atoms with van der Waals surface area (Å²) in [6.07, 6.45) is -4.82. The summed E-state index contributed by atoms with van der Waals surface area (Å²) in [6.45, 7) is -0.700. The van der Waals surface area contributed by atoms with Crippen molar-refractivity contribution in [1.29, 1.82) is 0 Å². The molecule has 4 nitrogen and oxygen atoms in total. The lowest BCUT2D eigenvalue weighted by Crippen LogP contribution is -2.54. The molecule has 82 valence electrons. The minimum atomic E-state index is -4.37. The van der Waals surface area contributed by atoms with Crippen LogP contribution in [0, 0.1) is 0 Å². The van der Waals surface area contributed by atoms with Gasteiger partial charge in [0.15, 0.2) is 0 Å². The van der Waals surface area contributed by atoms with Crippen LogP contribution >= 0.6 is 0 Å². The van der Waals surface area contributed by atoms with Crippen LogP contribution in [0.2, 0.25) is 0 Å². The van der Waals surface area contributed by atoms with Crippen molar-refractivity contribution in [3.63, 3.8) is 0 Å². The van der Waals surface area contributed by atoms with Crippen molar-refractivity contribution in [3.8, 4) is 0 Å². The molecule has 1 saturated heterocycles. The Bertz CT molecular complexity index is 213. The van der Waals surface area contributed by atoms with Crippen LogP contribution in [-0.2, 0) is 4.79 Å². The first kappa shape index (κ1) is 11.3. The van der Waals surface area contributed by atoms with Crippen LogP contribution < -0.4 is 5.32 Å². The van der Waals surface area contributed by atoms with Gasteiger partial charge in [0.1, 0.15) is 6.54 Å². The van der Waals surface area contributed by atoms with E-state index in [9.17, 15) is 18.0 Å². The van der Waals surface area contributed by atoms with E-state index in [0.29, 0.717) is 13.1 Å². The van der Waals surface area contributed by atoms with E-state index < -0.39 is 24.7 Å². The monoisotopic (exact) mass is 212 g/mol. The van der Waals surface area contributed by atoms with Crippen molar-refractivity contribution in [2.45, 2.75) is 12.3 Å². The van der Waals surface area contributed by atoms with E-state index in [1.165, 1.54) is 0 Å². The minimum absolute atomic E-state index is 0.0901. The third-order valence-electron chi connectivity index (χ3n) is 1.79. The number of nitrogens with zero attached hydrogens (tertiary/aromatic N) is 1. The maximum Gasteiger partial charge on any atom is 0.405 e. The number of halogens is 3. The number of carbonyl (C=O) groups is 1. The van der Waals surface area contributed by atoms with E-state index in [4.69, 9.17) is 5.11 Å². The molecule has 1 heterocycles. The average Bonchev–Trinajstić information content (AvgIpc) is 1.97. The number of β-amino-alcohol motifs (C(OH)–C–C–N with tert-alkyl or cyclic N) is 1. The Hall–Kier alpha value is -0.820. The maximum atomic E-state index is 11.6. The van der Waals surface area contributed by atoms with Crippen LogP contribution in [0.4, 0.5) is 13.2 Å². The fraction of sp³-hybridized carbons (Fsp3) is 0.857. The molecule has 1 fully saturated rings. The van der Waals surface area contributed by atoms with Gasteiger partial charge in [-0.3, -0.25) is 9.69 Å². The molecule has 0 unspecified atom stereocenters. The molecular formula is C7H11F3N2O2. The number of hydrogen-bond acceptors (Lipinski definition) is 3. The van der Waals surface area contributed by atoms with E-state index in [-0.39, 0.29) is 6.54 Å². The average molecular weight is 212 g/mol. The number of amides is 1. The molecule has 2 N–H and O–H groups in total. The summed E-state index contributed by atoms with van der Waals surface area (Å²) in [5, 5.41) is 10.6. The third kappa shape index (κ3) is 3.93. The number of carbonyl (C=O) groups excluding carboxylic acids is 1. The summed E-state index contributed by atoms with van der Waals surface area (Å²) in [6, 6.07) is 0. The molecular weight excluding hydrogens is 201 g/mol. The summed E-state index contributed by atoms with van der Waals surface area (Å²) < 4.78 is 34.9. The second-order valence-corrected chi connectivity index (χ2v) is 3.24. The van der Waals surface area contributed by atoms with Gasteiger partial charge in [0.2, 0.25) is 5.91 Å². The van der Waals surface area contributed by atoms with Gasteiger partial charge in [0.25, 0.3) is 0 Å². The van der Waals surface area contributed by atoms with Crippen LogP contribution in [0.5, 0.6) is 0 Å². The molecule has 1 aliphatic rings. The standard InChI is InChI=1S/C7H11F3N2O2/c8-7(9,10)4-11-6(14)3-12-1-5(13)2-12/h5,13H,1-4H2,(H,11,14). The molecule has 0 bridgehead atoms. The molecule has 0 aromatic rings. The van der Waals surface area contributed by atoms with Gasteiger partial charge < -0.3 is 10.4 Å². The maximum absolute atomic E-state index is 11.6. The van der Waals surface area contributed by atoms with Crippen LogP contribution in [-0.4, -0.2) is 54.4 Å². The largest absolute Gasteiger partial charge is 0.405 e. The SMILES string of the molecule is O=C(CN1CC(O)C1)NCC(F)(F)F. The highest BCUT2D eigenvalue weighted by Gasteiger charge is 2.29. The zero-order chi connectivity index (χ0) is 10.8. The van der Waals surface area contributed by atoms with Crippen LogP contribution in [0.25, 0.3) is 0 Å². The molecule has 1 amide bonds. The Labute approximate surface area is 78.7 Å². The Kier molecular flexibility index (Phi) is 3.33. The zero-order valence-electron chi connectivity index (χ0n) is 7.34. The lowest BCUT2D eigenvalue weighted by molar-refractivity contribution is -0.140. The Morgan fingerprint density at radius 2 is 2.07 bits per heavy atom. The van der Waals surface area contributed by atoms with Crippen molar-refractivity contribution in [3.05, 3.63) is 0 Å². The first-order valence-electron chi connectivity index (χ1n) is 4.11. The van der Waals surface area contributed by atoms with E-state index in [1.807, 2.05) is 0 Å². The number of hydrogen-bond donors (Lipinski definition) is 2. The van der Waals surface area contributed by atoms with Crippen molar-refractivity contribution in [2.24, 2.45) is 0 Å². The highest BCUT2D eigenvalue weighted by molar-refractivity contribution is 5.78. The normalized spacial score (nSPS) is 19.1. The van der Waals surface area contributed by atoms with Crippen molar-refractivity contribution in [2.75, 3.05) is 26.2 Å². The molecule has 0 aliphatic carbocycles. The van der Waals surface area contributed by atoms with Gasteiger partial charge in [-0.1, -0.05) is 0 Å². The molecule has 0 radical (unpaired) electrons. The third-order valence-corrected chi connectivity index (χ3v) is 1.79. The number of alkyl halides is 3. The van der Waals surface area contributed by atoms with Gasteiger partial charge in [0, 0.05) is 13.1 Å². The summed E-state index contributed by atoms with van der Waals surface area (Å²) in [4.78, 5) is 12.4. The molecule has 0 aromatic heterocycles. The second kappa shape index (κ2) is 4.14. The van der Waals surface area contributed by atoms with Gasteiger partial charge in [0.05, 0.1) is 12.6 Å². The van der Waals surface area contributed by atoms with E-state index in [1.54, 1.807) is 10.2 Å². The summed E-state index contributed by atoms with van der Waals surface area (Å²) in [5.41, 5.74) is 0. The lowest BCUT2D eigenvalue weighted by atomic mass is 10.2. The molecule has 0 spiro atoms. The van der Waals surface area contributed by atoms with Crippen LogP contribution in [0.15, 0.2) is 0 Å². The number of aliphatic hydroxyl groups is 1. The minimum Gasteiger partial charge on any atom is -0.390 e. The van der Waals surface area contributed by atoms with Crippen molar-refractivity contribution < 1.29 is 23.1 Å². The van der Waals surface area contributed by atoms with Crippen molar-refractivity contribution in [1.82, 2.24) is 10.2 Å². The molecule has 0 atom stereocenters. The molecule has 14 heavy (non-hydrogen) atoms. The summed E-state index contributed by atoms with van der Waals surface area (Å²) >= 11 is 0. The van der Waals surface area contributed by atoms with Crippen LogP contribution in [0.1, 0.15) is 0 Å². The lowest BCUT2D eigenvalue weighted by Gasteiger charge is -2.35. The van der Waals surface area contributed by atoms with Gasteiger partial charge in [-0.15, -0.1) is 0 Å². The topological polar surface area (TPSA) is 52.6 Å². The second-order valence-electron chi connectivity index (χ2n) is 3.24. The van der Waals surface area contributed by atoms with Crippen molar-refractivity contribution >= 4 is 5.91 Å². The van der Waals surface area contributed by atoms with Gasteiger partial charge >= 0.3 is 6.18 Å². The van der Waals surface area contributed by atoms with Gasteiger partial charge in [-0.25, -0.2) is 0 Å². The Morgan fingerprint density at radius 1 is 1.50 bits per heavy atom. The molecule has 1 rings (SSSR count). The van der Waals surface area contributed by atoms with E-state index in [2.05, 4.69) is 0 Å². The fourth-order valence-electron chi connectivity index (χ4n) is 1.13. The Morgan fingerprint density at radius 3 is 2.50 bits per heavy atom. The quantitative estimate of drug-likeness (QED) is 0.653. The number of nitrogens with one attached hydrogen (secondary N) is 1. The predicted molar refractivity (Wildman–Crippen MR) is 41.5 cm³/mol. The summed E-state index contributed by atoms with van der Waals surface area (Å²) in [5.74, 6) is -0.672. The number of rotatable bonds is 3. The van der Waals surface area contributed by atoms with Gasteiger partial charge in [-0.2, -0.15) is 13.2 Å². The van der Waals surface area contributed by atoms with E-state index >= 15 is 0 Å². The molecule has 0 saturated carbocycles. The zero-order valence-corrected chi connectivity index (χ0v) is 7.34. The summed E-state index contributed by atoms with van der Waals surface area (Å²) in [7, 11) is 0. The number of aliphatic hydroxyl groups excluding tert-OH is 1. The highest BCUT2D eigenvalue weighted by Crippen LogP contribution is 2.12. The Balaban J connectivity index is 2.11.